The summed E-state index contributed by atoms with van der Waals surface area (Å²) in [6.45, 7) is 1.91. The van der Waals surface area contributed by atoms with Gasteiger partial charge >= 0.3 is 0 Å². The molecule has 0 spiro atoms. The highest BCUT2D eigenvalue weighted by molar-refractivity contribution is 9.10. The van der Waals surface area contributed by atoms with Gasteiger partial charge in [0.05, 0.1) is 5.60 Å². The lowest BCUT2D eigenvalue weighted by molar-refractivity contribution is -0.0354. The van der Waals surface area contributed by atoms with Gasteiger partial charge in [-0.15, -0.1) is 12.4 Å². The standard InChI is InChI=1S/C26H28BrNO.ClH/c27-24-15-13-23(14-16-24)20-28-17-7-12-25(28)26(29,18-21-8-3-1-4-9-21)19-22-10-5-2-6-11-22;/h1-6,8-11,13-16,25,29H,7,12,17-20H2;1H. The van der Waals surface area contributed by atoms with Crippen molar-refractivity contribution in [3.05, 3.63) is 106 Å². The first kappa shape index (κ1) is 23.0. The number of likely N-dealkylation sites (tertiary alicyclic amines) is 1. The molecule has 0 aliphatic carbocycles. The molecule has 4 rings (SSSR count). The van der Waals surface area contributed by atoms with Gasteiger partial charge in [0.1, 0.15) is 0 Å². The highest BCUT2D eigenvalue weighted by atomic mass is 79.9. The van der Waals surface area contributed by atoms with Crippen LogP contribution >= 0.6 is 28.3 Å². The van der Waals surface area contributed by atoms with E-state index in [2.05, 4.69) is 93.6 Å². The largest absolute Gasteiger partial charge is 0.388 e. The van der Waals surface area contributed by atoms with E-state index in [1.165, 1.54) is 16.7 Å². The predicted octanol–water partition coefficient (Wildman–Crippen LogP) is 6.05. The molecule has 1 saturated heterocycles. The zero-order valence-corrected chi connectivity index (χ0v) is 19.5. The Balaban J connectivity index is 0.00000256. The maximum Gasteiger partial charge on any atom is 0.0882 e. The topological polar surface area (TPSA) is 23.5 Å². The normalized spacial score (nSPS) is 16.9. The van der Waals surface area contributed by atoms with Crippen LogP contribution in [0.4, 0.5) is 0 Å². The molecular formula is C26H29BrClNO. The molecule has 1 N–H and O–H groups in total. The van der Waals surface area contributed by atoms with E-state index in [4.69, 9.17) is 0 Å². The van der Waals surface area contributed by atoms with Crippen molar-refractivity contribution in [1.82, 2.24) is 4.90 Å². The fraction of sp³-hybridized carbons (Fsp3) is 0.308. The molecule has 30 heavy (non-hydrogen) atoms. The minimum Gasteiger partial charge on any atom is -0.388 e. The van der Waals surface area contributed by atoms with Gasteiger partial charge in [-0.2, -0.15) is 0 Å². The second-order valence-corrected chi connectivity index (χ2v) is 9.10. The second-order valence-electron chi connectivity index (χ2n) is 8.18. The van der Waals surface area contributed by atoms with E-state index >= 15 is 0 Å². The van der Waals surface area contributed by atoms with Crippen LogP contribution in [-0.4, -0.2) is 28.2 Å². The Morgan fingerprint density at radius 2 is 1.33 bits per heavy atom. The monoisotopic (exact) mass is 485 g/mol. The Hall–Kier alpha value is -1.65. The van der Waals surface area contributed by atoms with Crippen LogP contribution in [0.3, 0.4) is 0 Å². The molecule has 3 aromatic carbocycles. The van der Waals surface area contributed by atoms with Gasteiger partial charge in [-0.25, -0.2) is 0 Å². The average Bonchev–Trinajstić information content (AvgIpc) is 3.20. The summed E-state index contributed by atoms with van der Waals surface area (Å²) in [5, 5.41) is 12.1. The minimum absolute atomic E-state index is 0. The first-order valence-electron chi connectivity index (χ1n) is 10.4. The smallest absolute Gasteiger partial charge is 0.0882 e. The van der Waals surface area contributed by atoms with Crippen LogP contribution < -0.4 is 0 Å². The first-order valence-corrected chi connectivity index (χ1v) is 11.2. The van der Waals surface area contributed by atoms with Gasteiger partial charge < -0.3 is 5.11 Å². The van der Waals surface area contributed by atoms with Gasteiger partial charge in [0, 0.05) is 29.9 Å². The van der Waals surface area contributed by atoms with E-state index in [0.717, 1.165) is 30.4 Å². The van der Waals surface area contributed by atoms with Crippen LogP contribution in [0.15, 0.2) is 89.4 Å². The van der Waals surface area contributed by atoms with Crippen molar-refractivity contribution in [1.29, 1.82) is 0 Å². The van der Waals surface area contributed by atoms with E-state index in [0.29, 0.717) is 12.8 Å². The molecule has 1 aliphatic heterocycles. The van der Waals surface area contributed by atoms with E-state index < -0.39 is 5.60 Å². The number of hydrogen-bond donors (Lipinski definition) is 1. The molecule has 0 saturated carbocycles. The number of halogens is 2. The zero-order valence-electron chi connectivity index (χ0n) is 17.1. The van der Waals surface area contributed by atoms with Crippen molar-refractivity contribution in [2.45, 2.75) is 43.9 Å². The first-order chi connectivity index (χ1) is 14.1. The number of nitrogens with zero attached hydrogens (tertiary/aromatic N) is 1. The molecule has 0 bridgehead atoms. The zero-order chi connectivity index (χ0) is 20.1. The summed E-state index contributed by atoms with van der Waals surface area (Å²) in [6.07, 6.45) is 3.51. The maximum atomic E-state index is 12.1. The molecule has 0 aromatic heterocycles. The molecule has 4 heteroatoms. The van der Waals surface area contributed by atoms with Crippen molar-refractivity contribution in [3.63, 3.8) is 0 Å². The SMILES string of the molecule is Cl.OC(Cc1ccccc1)(Cc1ccccc1)C1CCCN1Cc1ccc(Br)cc1. The third-order valence-electron chi connectivity index (χ3n) is 5.99. The number of benzene rings is 3. The fourth-order valence-electron chi connectivity index (χ4n) is 4.65. The third kappa shape index (κ3) is 5.73. The van der Waals surface area contributed by atoms with E-state index in [1.54, 1.807) is 0 Å². The van der Waals surface area contributed by atoms with Crippen LogP contribution in [0.2, 0.25) is 0 Å². The Bertz CT molecular complexity index is 860. The van der Waals surface area contributed by atoms with Gasteiger partial charge in [-0.1, -0.05) is 88.7 Å². The predicted molar refractivity (Wildman–Crippen MR) is 130 cm³/mol. The average molecular weight is 487 g/mol. The lowest BCUT2D eigenvalue weighted by Gasteiger charge is -2.40. The van der Waals surface area contributed by atoms with Gasteiger partial charge in [-0.3, -0.25) is 4.90 Å². The van der Waals surface area contributed by atoms with Gasteiger partial charge in [-0.05, 0) is 48.2 Å². The highest BCUT2D eigenvalue weighted by Gasteiger charge is 2.42. The Morgan fingerprint density at radius 1 is 0.800 bits per heavy atom. The van der Waals surface area contributed by atoms with E-state index in [1.807, 2.05) is 12.1 Å². The lowest BCUT2D eigenvalue weighted by atomic mass is 9.80. The second kappa shape index (κ2) is 10.6. The summed E-state index contributed by atoms with van der Waals surface area (Å²) in [6, 6.07) is 29.5. The fourth-order valence-corrected chi connectivity index (χ4v) is 4.91. The van der Waals surface area contributed by atoms with Crippen LogP contribution in [0, 0.1) is 0 Å². The van der Waals surface area contributed by atoms with Gasteiger partial charge in [0.15, 0.2) is 0 Å². The van der Waals surface area contributed by atoms with E-state index in [9.17, 15) is 5.11 Å². The Morgan fingerprint density at radius 3 is 1.87 bits per heavy atom. The summed E-state index contributed by atoms with van der Waals surface area (Å²) in [4.78, 5) is 2.48. The highest BCUT2D eigenvalue weighted by Crippen LogP contribution is 2.34. The van der Waals surface area contributed by atoms with Crippen molar-refractivity contribution >= 4 is 28.3 Å². The maximum absolute atomic E-state index is 12.1. The molecular weight excluding hydrogens is 458 g/mol. The van der Waals surface area contributed by atoms with Crippen LogP contribution in [0.25, 0.3) is 0 Å². The summed E-state index contributed by atoms with van der Waals surface area (Å²) in [5.74, 6) is 0. The molecule has 1 aliphatic rings. The molecule has 158 valence electrons. The minimum atomic E-state index is -0.797. The number of aliphatic hydroxyl groups is 1. The number of rotatable bonds is 7. The van der Waals surface area contributed by atoms with E-state index in [-0.39, 0.29) is 18.4 Å². The number of hydrogen-bond acceptors (Lipinski definition) is 2. The van der Waals surface area contributed by atoms with Crippen LogP contribution in [0.5, 0.6) is 0 Å². The molecule has 1 fully saturated rings. The third-order valence-corrected chi connectivity index (χ3v) is 6.52. The van der Waals surface area contributed by atoms with Gasteiger partial charge in [0.2, 0.25) is 0 Å². The summed E-state index contributed by atoms with van der Waals surface area (Å²) in [7, 11) is 0. The molecule has 1 heterocycles. The lowest BCUT2D eigenvalue weighted by Crippen LogP contribution is -2.52. The van der Waals surface area contributed by atoms with Crippen molar-refractivity contribution in [2.24, 2.45) is 0 Å². The summed E-state index contributed by atoms with van der Waals surface area (Å²) >= 11 is 3.52. The Kier molecular flexibility index (Phi) is 8.13. The molecule has 3 aromatic rings. The Labute approximate surface area is 194 Å². The molecule has 2 nitrogen and oxygen atoms in total. The molecule has 0 radical (unpaired) electrons. The summed E-state index contributed by atoms with van der Waals surface area (Å²) in [5.41, 5.74) is 2.89. The molecule has 0 amide bonds. The molecule has 1 atom stereocenters. The van der Waals surface area contributed by atoms with Crippen molar-refractivity contribution < 1.29 is 5.11 Å². The van der Waals surface area contributed by atoms with Gasteiger partial charge in [0.25, 0.3) is 0 Å². The van der Waals surface area contributed by atoms with Crippen LogP contribution in [0.1, 0.15) is 29.5 Å². The molecule has 1 unspecified atom stereocenters. The van der Waals surface area contributed by atoms with Crippen LogP contribution in [-0.2, 0) is 19.4 Å². The van der Waals surface area contributed by atoms with Crippen molar-refractivity contribution in [2.75, 3.05) is 6.54 Å². The summed E-state index contributed by atoms with van der Waals surface area (Å²) < 4.78 is 1.10. The van der Waals surface area contributed by atoms with Crippen molar-refractivity contribution in [3.8, 4) is 0 Å². The quantitative estimate of drug-likeness (QED) is 0.439.